The molecule has 0 saturated heterocycles. The third kappa shape index (κ3) is 4.91. The highest BCUT2D eigenvalue weighted by molar-refractivity contribution is 9.10. The van der Waals surface area contributed by atoms with E-state index in [9.17, 15) is 9.59 Å². The van der Waals surface area contributed by atoms with Crippen molar-refractivity contribution in [1.29, 1.82) is 0 Å². The van der Waals surface area contributed by atoms with E-state index in [2.05, 4.69) is 56.8 Å². The molecule has 2 aromatic heterocycles. The van der Waals surface area contributed by atoms with Crippen LogP contribution in [0.25, 0.3) is 10.9 Å². The molecule has 7 heteroatoms. The van der Waals surface area contributed by atoms with Gasteiger partial charge >= 0.3 is 0 Å². The summed E-state index contributed by atoms with van der Waals surface area (Å²) >= 11 is 3.32. The number of nitrogens with one attached hydrogen (secondary N) is 1. The van der Waals surface area contributed by atoms with Crippen LogP contribution in [0.4, 0.5) is 5.69 Å². The third-order valence-electron chi connectivity index (χ3n) is 4.87. The first-order valence-corrected chi connectivity index (χ1v) is 10.3. The number of aromatic nitrogens is 2. The fraction of sp³-hybridized carbons (Fsp3) is 0.333. The molecule has 1 amide bonds. The van der Waals surface area contributed by atoms with E-state index in [1.807, 2.05) is 18.2 Å². The number of hydrogen-bond donors (Lipinski definition) is 1. The number of anilines is 1. The second kappa shape index (κ2) is 9.21. The van der Waals surface area contributed by atoms with Gasteiger partial charge in [-0.3, -0.25) is 9.59 Å². The maximum absolute atomic E-state index is 12.3. The zero-order valence-corrected chi connectivity index (χ0v) is 17.8. The van der Waals surface area contributed by atoms with Gasteiger partial charge in [0, 0.05) is 52.6 Å². The van der Waals surface area contributed by atoms with Crippen LogP contribution in [0.1, 0.15) is 13.8 Å². The van der Waals surface area contributed by atoms with Gasteiger partial charge in [0.25, 0.3) is 5.56 Å². The second-order valence-corrected chi connectivity index (χ2v) is 7.59. The Morgan fingerprint density at radius 2 is 1.89 bits per heavy atom. The van der Waals surface area contributed by atoms with Crippen molar-refractivity contribution in [2.45, 2.75) is 26.9 Å². The molecule has 0 aliphatic rings. The molecule has 0 bridgehead atoms. The molecule has 148 valence electrons. The first-order valence-electron chi connectivity index (χ1n) is 9.47. The van der Waals surface area contributed by atoms with Crippen molar-refractivity contribution in [1.82, 2.24) is 14.0 Å². The number of rotatable bonds is 8. The Morgan fingerprint density at radius 3 is 2.64 bits per heavy atom. The smallest absolute Gasteiger partial charge is 0.251 e. The molecule has 2 heterocycles. The van der Waals surface area contributed by atoms with Crippen molar-refractivity contribution in [3.8, 4) is 0 Å². The van der Waals surface area contributed by atoms with Gasteiger partial charge in [-0.1, -0.05) is 13.8 Å². The summed E-state index contributed by atoms with van der Waals surface area (Å²) < 4.78 is 4.37. The van der Waals surface area contributed by atoms with E-state index >= 15 is 0 Å². The van der Waals surface area contributed by atoms with Crippen molar-refractivity contribution in [3.63, 3.8) is 0 Å². The fourth-order valence-corrected chi connectivity index (χ4v) is 3.62. The van der Waals surface area contributed by atoms with E-state index in [-0.39, 0.29) is 18.0 Å². The van der Waals surface area contributed by atoms with Crippen molar-refractivity contribution < 1.29 is 4.79 Å². The summed E-state index contributed by atoms with van der Waals surface area (Å²) in [6.07, 6.45) is 3.70. The number of fused-ring (bicyclic) bond motifs is 1. The summed E-state index contributed by atoms with van der Waals surface area (Å²) in [5.74, 6) is -0.236. The van der Waals surface area contributed by atoms with Gasteiger partial charge in [-0.2, -0.15) is 0 Å². The number of carbonyl (C=O) groups excluding carboxylic acids is 1. The Labute approximate surface area is 172 Å². The number of likely N-dealkylation sites (N-methyl/N-ethyl adjacent to an activating group) is 1. The minimum Gasteiger partial charge on any atom is -0.346 e. The molecule has 28 heavy (non-hydrogen) atoms. The van der Waals surface area contributed by atoms with Crippen LogP contribution >= 0.6 is 15.9 Å². The zero-order chi connectivity index (χ0) is 20.1. The molecule has 3 rings (SSSR count). The monoisotopic (exact) mass is 444 g/mol. The molecule has 3 aromatic rings. The van der Waals surface area contributed by atoms with Gasteiger partial charge in [-0.05, 0) is 59.4 Å². The molecule has 1 N–H and O–H groups in total. The molecular formula is C21H25BrN4O2. The number of amides is 1. The highest BCUT2D eigenvalue weighted by Gasteiger charge is 2.08. The van der Waals surface area contributed by atoms with Crippen LogP contribution < -0.4 is 10.9 Å². The van der Waals surface area contributed by atoms with Crippen LogP contribution in [0.2, 0.25) is 0 Å². The van der Waals surface area contributed by atoms with Gasteiger partial charge in [-0.15, -0.1) is 0 Å². The molecular weight excluding hydrogens is 420 g/mol. The number of halogens is 1. The predicted molar refractivity (Wildman–Crippen MR) is 117 cm³/mol. The van der Waals surface area contributed by atoms with Crippen molar-refractivity contribution >= 4 is 38.4 Å². The summed E-state index contributed by atoms with van der Waals surface area (Å²) in [7, 11) is 0. The first kappa shape index (κ1) is 20.4. The van der Waals surface area contributed by atoms with Gasteiger partial charge in [0.2, 0.25) is 5.91 Å². The molecule has 0 atom stereocenters. The van der Waals surface area contributed by atoms with E-state index in [4.69, 9.17) is 0 Å². The normalized spacial score (nSPS) is 11.3. The van der Waals surface area contributed by atoms with Crippen LogP contribution in [-0.2, 0) is 17.9 Å². The van der Waals surface area contributed by atoms with Gasteiger partial charge in [0.15, 0.2) is 0 Å². The minimum absolute atomic E-state index is 0.0266. The molecule has 0 fully saturated rings. The standard InChI is InChI=1S/C21H25BrN4O2/c1-3-24(4-2)11-12-25-10-9-16-13-18(6-7-19(16)25)23-20(27)15-26-14-17(22)5-8-21(26)28/h5-10,13-14H,3-4,11-12,15H2,1-2H3,(H,23,27). The molecule has 0 saturated carbocycles. The second-order valence-electron chi connectivity index (χ2n) is 6.67. The molecule has 0 aliphatic carbocycles. The highest BCUT2D eigenvalue weighted by Crippen LogP contribution is 2.21. The highest BCUT2D eigenvalue weighted by atomic mass is 79.9. The van der Waals surface area contributed by atoms with E-state index < -0.39 is 0 Å². The molecule has 1 aromatic carbocycles. The van der Waals surface area contributed by atoms with Crippen molar-refractivity contribution in [3.05, 3.63) is 63.6 Å². The van der Waals surface area contributed by atoms with Crippen molar-refractivity contribution in [2.24, 2.45) is 0 Å². The number of pyridine rings is 1. The Hall–Kier alpha value is -2.38. The quantitative estimate of drug-likeness (QED) is 0.577. The average molecular weight is 445 g/mol. The molecule has 6 nitrogen and oxygen atoms in total. The molecule has 0 radical (unpaired) electrons. The Morgan fingerprint density at radius 1 is 1.11 bits per heavy atom. The van der Waals surface area contributed by atoms with Crippen LogP contribution in [0, 0.1) is 0 Å². The molecule has 0 aliphatic heterocycles. The molecule has 0 spiro atoms. The van der Waals surface area contributed by atoms with E-state index in [1.54, 1.807) is 12.3 Å². The lowest BCUT2D eigenvalue weighted by Crippen LogP contribution is -2.27. The maximum atomic E-state index is 12.3. The summed E-state index contributed by atoms with van der Waals surface area (Å²) in [5, 5.41) is 3.96. The maximum Gasteiger partial charge on any atom is 0.251 e. The van der Waals surface area contributed by atoms with Crippen LogP contribution in [0.5, 0.6) is 0 Å². The lowest BCUT2D eigenvalue weighted by Gasteiger charge is -2.18. The van der Waals surface area contributed by atoms with Crippen LogP contribution in [0.3, 0.4) is 0 Å². The summed E-state index contributed by atoms with van der Waals surface area (Å²) in [5.41, 5.74) is 1.66. The number of carbonyl (C=O) groups is 1. The topological polar surface area (TPSA) is 59.3 Å². The molecule has 0 unspecified atom stereocenters. The Bertz CT molecular complexity index is 1020. The summed E-state index contributed by atoms with van der Waals surface area (Å²) in [6, 6.07) is 11.0. The predicted octanol–water partition coefficient (Wildman–Crippen LogP) is 3.55. The lowest BCUT2D eigenvalue weighted by atomic mass is 10.2. The van der Waals surface area contributed by atoms with Gasteiger partial charge in [-0.25, -0.2) is 0 Å². The van der Waals surface area contributed by atoms with Crippen molar-refractivity contribution in [2.75, 3.05) is 25.0 Å². The van der Waals surface area contributed by atoms with E-state index in [1.165, 1.54) is 10.6 Å². The number of benzene rings is 1. The number of nitrogens with zero attached hydrogens (tertiary/aromatic N) is 3. The van der Waals surface area contributed by atoms with Crippen LogP contribution in [-0.4, -0.2) is 39.6 Å². The zero-order valence-electron chi connectivity index (χ0n) is 16.2. The SMILES string of the molecule is CCN(CC)CCn1ccc2cc(NC(=O)Cn3cc(Br)ccc3=O)ccc21. The van der Waals surface area contributed by atoms with E-state index in [0.29, 0.717) is 0 Å². The van der Waals surface area contributed by atoms with Crippen LogP contribution in [0.15, 0.2) is 58.1 Å². The van der Waals surface area contributed by atoms with Gasteiger partial charge in [0.05, 0.1) is 0 Å². The Balaban J connectivity index is 1.68. The lowest BCUT2D eigenvalue weighted by molar-refractivity contribution is -0.116. The summed E-state index contributed by atoms with van der Waals surface area (Å²) in [6.45, 7) is 8.36. The minimum atomic E-state index is -0.236. The number of hydrogen-bond acceptors (Lipinski definition) is 3. The van der Waals surface area contributed by atoms with Gasteiger partial charge < -0.3 is 19.4 Å². The fourth-order valence-electron chi connectivity index (χ4n) is 3.24. The summed E-state index contributed by atoms with van der Waals surface area (Å²) in [4.78, 5) is 26.6. The third-order valence-corrected chi connectivity index (χ3v) is 5.34. The largest absolute Gasteiger partial charge is 0.346 e. The van der Waals surface area contributed by atoms with Gasteiger partial charge in [0.1, 0.15) is 6.54 Å². The van der Waals surface area contributed by atoms with E-state index in [0.717, 1.165) is 47.2 Å². The first-order chi connectivity index (χ1) is 13.5. The Kier molecular flexibility index (Phi) is 6.70. The average Bonchev–Trinajstić information content (AvgIpc) is 3.08.